The van der Waals surface area contributed by atoms with E-state index in [1.165, 1.54) is 37.1 Å². The summed E-state index contributed by atoms with van der Waals surface area (Å²) in [5.41, 5.74) is 2.70. The molecule has 0 spiro atoms. The van der Waals surface area contributed by atoms with Crippen LogP contribution in [0.15, 0.2) is 35.9 Å². The van der Waals surface area contributed by atoms with Crippen LogP contribution in [0.25, 0.3) is 6.08 Å². The minimum Gasteiger partial charge on any atom is -0.310 e. The average molecular weight is 272 g/mol. The molecule has 1 N–H and O–H groups in total. The highest BCUT2D eigenvalue weighted by molar-refractivity contribution is 5.52. The fourth-order valence-corrected chi connectivity index (χ4v) is 2.81. The molecule has 1 aliphatic heterocycles. The first-order chi connectivity index (χ1) is 9.65. The molecule has 0 saturated carbocycles. The molecule has 2 nitrogen and oxygen atoms in total. The molecule has 110 valence electrons. The summed E-state index contributed by atoms with van der Waals surface area (Å²) in [6.45, 7) is 10.3. The molecule has 2 heteroatoms. The Morgan fingerprint density at radius 2 is 1.90 bits per heavy atom. The number of rotatable bonds is 5. The summed E-state index contributed by atoms with van der Waals surface area (Å²) in [6.07, 6.45) is 4.82. The molecule has 0 atom stereocenters. The van der Waals surface area contributed by atoms with Crippen molar-refractivity contribution in [3.05, 3.63) is 41.5 Å². The fourth-order valence-electron chi connectivity index (χ4n) is 2.81. The van der Waals surface area contributed by atoms with E-state index in [0.29, 0.717) is 12.1 Å². The quantitative estimate of drug-likeness (QED) is 0.882. The summed E-state index contributed by atoms with van der Waals surface area (Å²) in [5.74, 6) is 0. The molecule has 0 aliphatic carbocycles. The minimum absolute atomic E-state index is 0.684. The zero-order valence-electron chi connectivity index (χ0n) is 13.1. The second-order valence-electron chi connectivity index (χ2n) is 6.19. The maximum atomic E-state index is 3.71. The Morgan fingerprint density at radius 3 is 2.50 bits per heavy atom. The Kier molecular flexibility index (Phi) is 5.81. The van der Waals surface area contributed by atoms with E-state index in [1.54, 1.807) is 0 Å². The number of benzene rings is 1. The van der Waals surface area contributed by atoms with Crippen molar-refractivity contribution in [1.82, 2.24) is 10.2 Å². The third kappa shape index (κ3) is 4.77. The van der Waals surface area contributed by atoms with Crippen LogP contribution in [0.1, 0.15) is 39.2 Å². The molecule has 0 bridgehead atoms. The van der Waals surface area contributed by atoms with Crippen LogP contribution in [0.4, 0.5) is 0 Å². The van der Waals surface area contributed by atoms with Crippen LogP contribution >= 0.6 is 0 Å². The summed E-state index contributed by atoms with van der Waals surface area (Å²) in [5, 5.41) is 3.71. The number of nitrogens with zero attached hydrogens (tertiary/aromatic N) is 1. The predicted molar refractivity (Wildman–Crippen MR) is 87.8 cm³/mol. The molecule has 0 unspecified atom stereocenters. The van der Waals surface area contributed by atoms with Crippen molar-refractivity contribution in [1.29, 1.82) is 0 Å². The van der Waals surface area contributed by atoms with Gasteiger partial charge in [-0.2, -0.15) is 0 Å². The van der Waals surface area contributed by atoms with E-state index in [2.05, 4.69) is 67.4 Å². The first-order valence-corrected chi connectivity index (χ1v) is 7.85. The second-order valence-corrected chi connectivity index (χ2v) is 6.19. The van der Waals surface area contributed by atoms with Crippen molar-refractivity contribution in [2.45, 2.75) is 45.7 Å². The van der Waals surface area contributed by atoms with Gasteiger partial charge in [-0.15, -0.1) is 0 Å². The highest BCUT2D eigenvalue weighted by atomic mass is 15.2. The standard InChI is InChI=1S/C18H28N2/c1-15(2)20-11-9-18(10-12-20)19-14-16(3)13-17-7-5-4-6-8-17/h4-8,13,15,18-19H,9-12,14H2,1-3H3/b16-13+. The van der Waals surface area contributed by atoms with Gasteiger partial charge in [0.05, 0.1) is 0 Å². The van der Waals surface area contributed by atoms with Crippen molar-refractivity contribution < 1.29 is 0 Å². The molecule has 2 rings (SSSR count). The van der Waals surface area contributed by atoms with Crippen LogP contribution in [0.2, 0.25) is 0 Å². The first-order valence-electron chi connectivity index (χ1n) is 7.85. The average Bonchev–Trinajstić information content (AvgIpc) is 2.46. The Labute approximate surface area is 123 Å². The van der Waals surface area contributed by atoms with Gasteiger partial charge < -0.3 is 10.2 Å². The molecule has 1 aromatic rings. The van der Waals surface area contributed by atoms with E-state index in [0.717, 1.165) is 6.54 Å². The molecule has 1 aromatic carbocycles. The van der Waals surface area contributed by atoms with Crippen LogP contribution in [-0.2, 0) is 0 Å². The lowest BCUT2D eigenvalue weighted by atomic mass is 10.0. The molecule has 20 heavy (non-hydrogen) atoms. The van der Waals surface area contributed by atoms with Crippen molar-refractivity contribution >= 4 is 6.08 Å². The van der Waals surface area contributed by atoms with Crippen molar-refractivity contribution in [3.8, 4) is 0 Å². The summed E-state index contributed by atoms with van der Waals surface area (Å²) in [6, 6.07) is 11.9. The zero-order chi connectivity index (χ0) is 14.4. The topological polar surface area (TPSA) is 15.3 Å². The highest BCUT2D eigenvalue weighted by Gasteiger charge is 2.19. The second kappa shape index (κ2) is 7.61. The molecule has 1 saturated heterocycles. The maximum Gasteiger partial charge on any atom is 0.0167 e. The van der Waals surface area contributed by atoms with Crippen molar-refractivity contribution in [2.75, 3.05) is 19.6 Å². The molecule has 0 amide bonds. The Balaban J connectivity index is 1.75. The number of hydrogen-bond donors (Lipinski definition) is 1. The van der Waals surface area contributed by atoms with E-state index < -0.39 is 0 Å². The molecule has 0 aromatic heterocycles. The molecular formula is C18H28N2. The Hall–Kier alpha value is -1.12. The Bertz CT molecular complexity index is 414. The van der Waals surface area contributed by atoms with Gasteiger partial charge in [0.1, 0.15) is 0 Å². The number of piperidine rings is 1. The van der Waals surface area contributed by atoms with Crippen LogP contribution in [0.3, 0.4) is 0 Å². The fraction of sp³-hybridized carbons (Fsp3) is 0.556. The van der Waals surface area contributed by atoms with Gasteiger partial charge in [0.15, 0.2) is 0 Å². The van der Waals surface area contributed by atoms with E-state index in [9.17, 15) is 0 Å². The summed E-state index contributed by atoms with van der Waals surface area (Å²) >= 11 is 0. The summed E-state index contributed by atoms with van der Waals surface area (Å²) in [7, 11) is 0. The van der Waals surface area contributed by atoms with Crippen LogP contribution in [0, 0.1) is 0 Å². The van der Waals surface area contributed by atoms with Gasteiger partial charge in [0.2, 0.25) is 0 Å². The lowest BCUT2D eigenvalue weighted by Gasteiger charge is -2.35. The van der Waals surface area contributed by atoms with Gasteiger partial charge in [0.25, 0.3) is 0 Å². The van der Waals surface area contributed by atoms with Gasteiger partial charge in [-0.1, -0.05) is 42.0 Å². The predicted octanol–water partition coefficient (Wildman–Crippen LogP) is 3.55. The highest BCUT2D eigenvalue weighted by Crippen LogP contribution is 2.13. The first kappa shape index (κ1) is 15.3. The van der Waals surface area contributed by atoms with Gasteiger partial charge in [-0.25, -0.2) is 0 Å². The molecular weight excluding hydrogens is 244 g/mol. The third-order valence-electron chi connectivity index (χ3n) is 4.14. The van der Waals surface area contributed by atoms with Gasteiger partial charge in [-0.05, 0) is 52.3 Å². The van der Waals surface area contributed by atoms with Crippen molar-refractivity contribution in [2.24, 2.45) is 0 Å². The van der Waals surface area contributed by atoms with Crippen LogP contribution < -0.4 is 5.32 Å². The van der Waals surface area contributed by atoms with Gasteiger partial charge in [0, 0.05) is 18.6 Å². The normalized spacial score (nSPS) is 18.7. The molecule has 0 radical (unpaired) electrons. The molecule has 1 aliphatic rings. The maximum absolute atomic E-state index is 3.71. The summed E-state index contributed by atoms with van der Waals surface area (Å²) < 4.78 is 0. The van der Waals surface area contributed by atoms with Crippen molar-refractivity contribution in [3.63, 3.8) is 0 Å². The largest absolute Gasteiger partial charge is 0.310 e. The smallest absolute Gasteiger partial charge is 0.0167 e. The van der Waals surface area contributed by atoms with E-state index in [1.807, 2.05) is 0 Å². The Morgan fingerprint density at radius 1 is 1.25 bits per heavy atom. The molecule has 1 heterocycles. The van der Waals surface area contributed by atoms with E-state index >= 15 is 0 Å². The number of hydrogen-bond acceptors (Lipinski definition) is 2. The van der Waals surface area contributed by atoms with Gasteiger partial charge >= 0.3 is 0 Å². The van der Waals surface area contributed by atoms with E-state index in [-0.39, 0.29) is 0 Å². The number of nitrogens with one attached hydrogen (secondary N) is 1. The minimum atomic E-state index is 0.684. The monoisotopic (exact) mass is 272 g/mol. The van der Waals surface area contributed by atoms with Gasteiger partial charge in [-0.3, -0.25) is 0 Å². The van der Waals surface area contributed by atoms with E-state index in [4.69, 9.17) is 0 Å². The summed E-state index contributed by atoms with van der Waals surface area (Å²) in [4.78, 5) is 2.57. The SMILES string of the molecule is C/C(=C\c1ccccc1)CNC1CCN(C(C)C)CC1. The van der Waals surface area contributed by atoms with Crippen LogP contribution in [-0.4, -0.2) is 36.6 Å². The zero-order valence-corrected chi connectivity index (χ0v) is 13.1. The number of likely N-dealkylation sites (tertiary alicyclic amines) is 1. The third-order valence-corrected chi connectivity index (χ3v) is 4.14. The van der Waals surface area contributed by atoms with Crippen LogP contribution in [0.5, 0.6) is 0 Å². The lowest BCUT2D eigenvalue weighted by Crippen LogP contribution is -2.45. The molecule has 1 fully saturated rings. The lowest BCUT2D eigenvalue weighted by molar-refractivity contribution is 0.162.